The normalized spacial score (nSPS) is 21.7. The smallest absolute Gasteiger partial charge is 0.347 e. The predicted molar refractivity (Wildman–Crippen MR) is 64.3 cm³/mol. The Kier molecular flexibility index (Phi) is 3.10. The summed E-state index contributed by atoms with van der Waals surface area (Å²) in [4.78, 5) is 0. The number of alkyl halides is 3. The molecule has 3 rings (SSSR count). The van der Waals surface area contributed by atoms with Crippen molar-refractivity contribution in [1.29, 1.82) is 0 Å². The average molecular weight is 290 g/mol. The summed E-state index contributed by atoms with van der Waals surface area (Å²) in [6, 6.07) is -0.0979. The summed E-state index contributed by atoms with van der Waals surface area (Å²) < 4.78 is 52.1. The Morgan fingerprint density at radius 2 is 1.90 bits per heavy atom. The number of hydrogen-bond donors (Lipinski definition) is 0. The fourth-order valence-electron chi connectivity index (χ4n) is 3.02. The van der Waals surface area contributed by atoms with Crippen LogP contribution in [-0.2, 0) is 28.5 Å². The van der Waals surface area contributed by atoms with Gasteiger partial charge in [0.25, 0.3) is 0 Å². The van der Waals surface area contributed by atoms with E-state index in [1.54, 1.807) is 0 Å². The first-order valence-corrected chi connectivity index (χ1v) is 6.78. The zero-order valence-electron chi connectivity index (χ0n) is 11.5. The van der Waals surface area contributed by atoms with Gasteiger partial charge < -0.3 is 9.47 Å². The second kappa shape index (κ2) is 4.46. The summed E-state index contributed by atoms with van der Waals surface area (Å²) in [5.74, 6) is -0.877. The van der Waals surface area contributed by atoms with Crippen LogP contribution in [0.15, 0.2) is 0 Å². The number of nitrogens with zero attached hydrogens (tertiary/aromatic N) is 2. The van der Waals surface area contributed by atoms with Gasteiger partial charge in [0.05, 0.1) is 13.2 Å². The first kappa shape index (κ1) is 13.9. The van der Waals surface area contributed by atoms with E-state index in [0.29, 0.717) is 31.7 Å². The second-order valence-electron chi connectivity index (χ2n) is 5.59. The van der Waals surface area contributed by atoms with E-state index >= 15 is 0 Å². The fourth-order valence-corrected chi connectivity index (χ4v) is 3.02. The van der Waals surface area contributed by atoms with Crippen molar-refractivity contribution in [3.8, 4) is 0 Å². The highest BCUT2D eigenvalue weighted by Crippen LogP contribution is 2.41. The van der Waals surface area contributed by atoms with E-state index < -0.39 is 17.7 Å². The van der Waals surface area contributed by atoms with Crippen molar-refractivity contribution in [2.24, 2.45) is 0 Å². The molecule has 112 valence electrons. The molecule has 7 heteroatoms. The number of rotatable bonds is 1. The van der Waals surface area contributed by atoms with Crippen molar-refractivity contribution in [2.75, 3.05) is 13.2 Å². The van der Waals surface area contributed by atoms with Gasteiger partial charge in [0.1, 0.15) is 0 Å². The minimum absolute atomic E-state index is 0.0979. The van der Waals surface area contributed by atoms with Crippen molar-refractivity contribution in [1.82, 2.24) is 9.78 Å². The van der Waals surface area contributed by atoms with Crippen LogP contribution in [0.1, 0.15) is 43.3 Å². The third kappa shape index (κ3) is 2.13. The van der Waals surface area contributed by atoms with E-state index in [2.05, 4.69) is 5.10 Å². The summed E-state index contributed by atoms with van der Waals surface area (Å²) in [7, 11) is 0. The summed E-state index contributed by atoms with van der Waals surface area (Å²) in [5.41, 5.74) is 0.107. The van der Waals surface area contributed by atoms with Crippen molar-refractivity contribution in [2.45, 2.75) is 51.1 Å². The van der Waals surface area contributed by atoms with Crippen LogP contribution in [0.4, 0.5) is 13.2 Å². The fraction of sp³-hybridized carbons (Fsp3) is 0.769. The Morgan fingerprint density at radius 3 is 2.45 bits per heavy atom. The molecule has 2 aliphatic rings. The molecule has 20 heavy (non-hydrogen) atoms. The molecule has 4 nitrogen and oxygen atoms in total. The van der Waals surface area contributed by atoms with Gasteiger partial charge in [-0.05, 0) is 20.3 Å². The SMILES string of the molecule is CC(C)n1nc(C(F)(F)F)c2c1CCC1(C2)OCCO1. The molecule has 0 unspecified atom stereocenters. The first-order chi connectivity index (χ1) is 9.32. The predicted octanol–water partition coefficient (Wildman–Crippen LogP) is 2.71. The lowest BCUT2D eigenvalue weighted by atomic mass is 9.90. The second-order valence-corrected chi connectivity index (χ2v) is 5.59. The minimum atomic E-state index is -4.44. The molecule has 1 spiro atoms. The number of fused-ring (bicyclic) bond motifs is 1. The van der Waals surface area contributed by atoms with Gasteiger partial charge in [0, 0.05) is 30.1 Å². The molecular weight excluding hydrogens is 273 g/mol. The van der Waals surface area contributed by atoms with Crippen LogP contribution < -0.4 is 0 Å². The average Bonchev–Trinajstić information content (AvgIpc) is 2.93. The Labute approximate surface area is 114 Å². The molecule has 1 saturated heterocycles. The Balaban J connectivity index is 2.06. The number of aromatic nitrogens is 2. The molecule has 0 bridgehead atoms. The lowest BCUT2D eigenvalue weighted by Crippen LogP contribution is -2.38. The van der Waals surface area contributed by atoms with Gasteiger partial charge in [0.2, 0.25) is 0 Å². The third-order valence-electron chi connectivity index (χ3n) is 3.88. The van der Waals surface area contributed by atoms with E-state index in [4.69, 9.17) is 9.47 Å². The molecule has 1 fully saturated rings. The van der Waals surface area contributed by atoms with Crippen LogP contribution in [0, 0.1) is 0 Å². The maximum absolute atomic E-state index is 13.2. The lowest BCUT2D eigenvalue weighted by Gasteiger charge is -2.32. The quantitative estimate of drug-likeness (QED) is 0.798. The van der Waals surface area contributed by atoms with Crippen LogP contribution in [0.5, 0.6) is 0 Å². The van der Waals surface area contributed by atoms with E-state index in [0.717, 1.165) is 0 Å². The van der Waals surface area contributed by atoms with Crippen LogP contribution >= 0.6 is 0 Å². The van der Waals surface area contributed by atoms with Crippen LogP contribution in [-0.4, -0.2) is 28.8 Å². The van der Waals surface area contributed by atoms with E-state index in [1.165, 1.54) is 4.68 Å². The molecule has 0 atom stereocenters. The van der Waals surface area contributed by atoms with E-state index in [-0.39, 0.29) is 18.0 Å². The van der Waals surface area contributed by atoms with Gasteiger partial charge in [-0.25, -0.2) is 0 Å². The molecule has 2 heterocycles. The molecule has 0 saturated carbocycles. The molecule has 0 amide bonds. The van der Waals surface area contributed by atoms with Gasteiger partial charge in [-0.2, -0.15) is 18.3 Å². The van der Waals surface area contributed by atoms with Crippen LogP contribution in [0.3, 0.4) is 0 Å². The highest BCUT2D eigenvalue weighted by Gasteiger charge is 2.47. The third-order valence-corrected chi connectivity index (χ3v) is 3.88. The summed E-state index contributed by atoms with van der Waals surface area (Å²) in [6.07, 6.45) is -3.24. The molecule has 0 N–H and O–H groups in total. The Hall–Kier alpha value is -1.08. The molecule has 0 aromatic carbocycles. The number of hydrogen-bond acceptors (Lipinski definition) is 3. The van der Waals surface area contributed by atoms with Gasteiger partial charge in [-0.15, -0.1) is 0 Å². The molecular formula is C13H17F3N2O2. The van der Waals surface area contributed by atoms with E-state index in [1.807, 2.05) is 13.8 Å². The van der Waals surface area contributed by atoms with Crippen molar-refractivity contribution >= 4 is 0 Å². The van der Waals surface area contributed by atoms with Crippen molar-refractivity contribution in [3.63, 3.8) is 0 Å². The summed E-state index contributed by atoms with van der Waals surface area (Å²) in [6.45, 7) is 4.55. The topological polar surface area (TPSA) is 36.3 Å². The highest BCUT2D eigenvalue weighted by atomic mass is 19.4. The molecule has 1 aliphatic carbocycles. The molecule has 1 aromatic heterocycles. The molecule has 0 radical (unpaired) electrons. The minimum Gasteiger partial charge on any atom is -0.347 e. The van der Waals surface area contributed by atoms with Gasteiger partial charge in [-0.3, -0.25) is 4.68 Å². The zero-order valence-corrected chi connectivity index (χ0v) is 11.5. The number of ether oxygens (including phenoxy) is 2. The lowest BCUT2D eigenvalue weighted by molar-refractivity contribution is -0.167. The van der Waals surface area contributed by atoms with Gasteiger partial charge in [-0.1, -0.05) is 0 Å². The monoisotopic (exact) mass is 290 g/mol. The standard InChI is InChI=1S/C13H17F3N2O2/c1-8(2)18-10-3-4-12(19-5-6-20-12)7-9(10)11(17-18)13(14,15)16/h8H,3-7H2,1-2H3. The number of halogens is 3. The largest absolute Gasteiger partial charge is 0.435 e. The van der Waals surface area contributed by atoms with Gasteiger partial charge in [0.15, 0.2) is 11.5 Å². The van der Waals surface area contributed by atoms with E-state index in [9.17, 15) is 13.2 Å². The Morgan fingerprint density at radius 1 is 1.25 bits per heavy atom. The van der Waals surface area contributed by atoms with Crippen LogP contribution in [0.25, 0.3) is 0 Å². The Bertz CT molecular complexity index is 516. The zero-order chi connectivity index (χ0) is 14.5. The first-order valence-electron chi connectivity index (χ1n) is 6.78. The summed E-state index contributed by atoms with van der Waals surface area (Å²) in [5, 5.41) is 3.80. The van der Waals surface area contributed by atoms with Crippen molar-refractivity contribution < 1.29 is 22.6 Å². The molecule has 1 aromatic rings. The van der Waals surface area contributed by atoms with Crippen molar-refractivity contribution in [3.05, 3.63) is 17.0 Å². The highest BCUT2D eigenvalue weighted by molar-refractivity contribution is 5.33. The maximum atomic E-state index is 13.2. The molecule has 1 aliphatic heterocycles. The van der Waals surface area contributed by atoms with Gasteiger partial charge >= 0.3 is 6.18 Å². The summed E-state index contributed by atoms with van der Waals surface area (Å²) >= 11 is 0. The van der Waals surface area contributed by atoms with Crippen LogP contribution in [0.2, 0.25) is 0 Å². The maximum Gasteiger partial charge on any atom is 0.435 e.